The fourth-order valence-electron chi connectivity index (χ4n) is 2.98. The van der Waals surface area contributed by atoms with Crippen LogP contribution in [0.5, 0.6) is 0 Å². The van der Waals surface area contributed by atoms with Gasteiger partial charge in [0, 0.05) is 17.8 Å². The van der Waals surface area contributed by atoms with Crippen molar-refractivity contribution in [1.82, 2.24) is 5.32 Å². The third-order valence-electron chi connectivity index (χ3n) is 4.53. The maximum absolute atomic E-state index is 12.1. The van der Waals surface area contributed by atoms with Crippen LogP contribution in [-0.4, -0.2) is 24.9 Å². The van der Waals surface area contributed by atoms with Crippen molar-refractivity contribution in [3.63, 3.8) is 0 Å². The van der Waals surface area contributed by atoms with Gasteiger partial charge in [-0.15, -0.1) is 0 Å². The second-order valence-electron chi connectivity index (χ2n) is 6.91. The number of amides is 2. The van der Waals surface area contributed by atoms with Crippen LogP contribution in [0.15, 0.2) is 36.4 Å². The van der Waals surface area contributed by atoms with E-state index >= 15 is 0 Å². The lowest BCUT2D eigenvalue weighted by atomic mass is 10.1. The summed E-state index contributed by atoms with van der Waals surface area (Å²) in [5.74, 6) is -0.0819. The molecule has 2 aromatic rings. The zero-order valence-electron chi connectivity index (χ0n) is 16.6. The predicted octanol–water partition coefficient (Wildman–Crippen LogP) is 3.87. The van der Waals surface area contributed by atoms with Crippen molar-refractivity contribution in [1.29, 1.82) is 0 Å². The summed E-state index contributed by atoms with van der Waals surface area (Å²) in [6, 6.07) is 11.9. The van der Waals surface area contributed by atoms with Gasteiger partial charge in [0.15, 0.2) is 0 Å². The maximum Gasteiger partial charge on any atom is 0.238 e. The molecule has 0 atom stereocenters. The molecule has 0 radical (unpaired) electrons. The minimum Gasteiger partial charge on any atom is -0.326 e. The lowest BCUT2D eigenvalue weighted by Gasteiger charge is -2.12. The number of anilines is 2. The topological polar surface area (TPSA) is 70.2 Å². The lowest BCUT2D eigenvalue weighted by Crippen LogP contribution is -2.29. The predicted molar refractivity (Wildman–Crippen MR) is 111 cm³/mol. The van der Waals surface area contributed by atoms with Gasteiger partial charge in [0.05, 0.1) is 6.54 Å². The third kappa shape index (κ3) is 6.22. The standard InChI is InChI=1S/C22H29N3O2/c1-15-8-5-9-16(2)21(15)24-19(26)12-7-13-23-14-20(27)25-22-17(3)10-6-11-18(22)4/h5-6,8-11,23H,7,12-14H2,1-4H3,(H,24,26)(H,25,27). The Hall–Kier alpha value is -2.66. The molecule has 0 heterocycles. The first-order chi connectivity index (χ1) is 12.9. The van der Waals surface area contributed by atoms with Crippen molar-refractivity contribution >= 4 is 23.2 Å². The Bertz CT molecular complexity index is 707. The highest BCUT2D eigenvalue weighted by Crippen LogP contribution is 2.20. The molecular formula is C22H29N3O2. The number of nitrogens with one attached hydrogen (secondary N) is 3. The molecule has 0 aliphatic rings. The zero-order valence-corrected chi connectivity index (χ0v) is 16.6. The zero-order chi connectivity index (χ0) is 19.8. The smallest absolute Gasteiger partial charge is 0.238 e. The number of carbonyl (C=O) groups is 2. The monoisotopic (exact) mass is 367 g/mol. The Morgan fingerprint density at radius 1 is 0.741 bits per heavy atom. The normalized spacial score (nSPS) is 10.5. The molecule has 0 fully saturated rings. The first-order valence-electron chi connectivity index (χ1n) is 9.31. The molecule has 5 heteroatoms. The molecule has 0 saturated heterocycles. The van der Waals surface area contributed by atoms with E-state index in [9.17, 15) is 9.59 Å². The molecule has 0 bridgehead atoms. The first-order valence-corrected chi connectivity index (χ1v) is 9.31. The Balaban J connectivity index is 1.68. The van der Waals surface area contributed by atoms with Gasteiger partial charge >= 0.3 is 0 Å². The molecule has 0 saturated carbocycles. The van der Waals surface area contributed by atoms with Crippen LogP contribution in [0.25, 0.3) is 0 Å². The number of para-hydroxylation sites is 2. The van der Waals surface area contributed by atoms with Gasteiger partial charge in [-0.05, 0) is 62.9 Å². The van der Waals surface area contributed by atoms with E-state index in [-0.39, 0.29) is 18.4 Å². The van der Waals surface area contributed by atoms with Crippen LogP contribution in [0.1, 0.15) is 35.1 Å². The number of carbonyl (C=O) groups excluding carboxylic acids is 2. The third-order valence-corrected chi connectivity index (χ3v) is 4.53. The van der Waals surface area contributed by atoms with E-state index in [1.807, 2.05) is 64.1 Å². The number of hydrogen-bond acceptors (Lipinski definition) is 3. The number of aryl methyl sites for hydroxylation is 4. The van der Waals surface area contributed by atoms with Crippen LogP contribution in [-0.2, 0) is 9.59 Å². The van der Waals surface area contributed by atoms with E-state index in [2.05, 4.69) is 16.0 Å². The molecule has 0 aliphatic heterocycles. The van der Waals surface area contributed by atoms with Gasteiger partial charge in [-0.2, -0.15) is 0 Å². The highest BCUT2D eigenvalue weighted by molar-refractivity contribution is 5.94. The Labute approximate surface area is 161 Å². The lowest BCUT2D eigenvalue weighted by molar-refractivity contribution is -0.116. The average Bonchev–Trinajstić information content (AvgIpc) is 2.61. The second-order valence-corrected chi connectivity index (χ2v) is 6.91. The van der Waals surface area contributed by atoms with Crippen LogP contribution in [0.3, 0.4) is 0 Å². The second kappa shape index (κ2) is 9.88. The molecule has 2 rings (SSSR count). The highest BCUT2D eigenvalue weighted by Gasteiger charge is 2.08. The van der Waals surface area contributed by atoms with Crippen LogP contribution in [0.2, 0.25) is 0 Å². The highest BCUT2D eigenvalue weighted by atomic mass is 16.2. The van der Waals surface area contributed by atoms with E-state index in [1.54, 1.807) is 0 Å². The van der Waals surface area contributed by atoms with Gasteiger partial charge in [-0.3, -0.25) is 9.59 Å². The van der Waals surface area contributed by atoms with Gasteiger partial charge in [0.2, 0.25) is 11.8 Å². The van der Waals surface area contributed by atoms with Crippen molar-refractivity contribution in [2.24, 2.45) is 0 Å². The van der Waals surface area contributed by atoms with Crippen molar-refractivity contribution in [3.8, 4) is 0 Å². The van der Waals surface area contributed by atoms with Gasteiger partial charge in [-0.1, -0.05) is 36.4 Å². The summed E-state index contributed by atoms with van der Waals surface area (Å²) in [6.07, 6.45) is 1.09. The van der Waals surface area contributed by atoms with Crippen molar-refractivity contribution in [3.05, 3.63) is 58.7 Å². The Morgan fingerprint density at radius 3 is 1.67 bits per heavy atom. The molecule has 0 spiro atoms. The summed E-state index contributed by atoms with van der Waals surface area (Å²) in [7, 11) is 0. The van der Waals surface area contributed by atoms with Gasteiger partial charge < -0.3 is 16.0 Å². The Morgan fingerprint density at radius 2 is 1.19 bits per heavy atom. The molecule has 5 nitrogen and oxygen atoms in total. The minimum atomic E-state index is -0.0765. The SMILES string of the molecule is Cc1cccc(C)c1NC(=O)CCCNCC(=O)Nc1c(C)cccc1C. The summed E-state index contributed by atoms with van der Waals surface area (Å²) < 4.78 is 0. The van der Waals surface area contributed by atoms with E-state index in [4.69, 9.17) is 0 Å². The van der Waals surface area contributed by atoms with Crippen LogP contribution in [0.4, 0.5) is 11.4 Å². The molecule has 27 heavy (non-hydrogen) atoms. The quantitative estimate of drug-likeness (QED) is 0.620. The van der Waals surface area contributed by atoms with E-state index < -0.39 is 0 Å². The van der Waals surface area contributed by atoms with Crippen LogP contribution in [0, 0.1) is 27.7 Å². The van der Waals surface area contributed by atoms with Gasteiger partial charge in [0.25, 0.3) is 0 Å². The van der Waals surface area contributed by atoms with E-state index in [0.29, 0.717) is 19.4 Å². The molecule has 2 amide bonds. The fraction of sp³-hybridized carbons (Fsp3) is 0.364. The summed E-state index contributed by atoms with van der Waals surface area (Å²) in [5, 5.41) is 9.01. The van der Waals surface area contributed by atoms with E-state index in [1.165, 1.54) is 0 Å². The summed E-state index contributed by atoms with van der Waals surface area (Å²) in [4.78, 5) is 24.2. The minimum absolute atomic E-state index is 0.00538. The van der Waals surface area contributed by atoms with Crippen LogP contribution >= 0.6 is 0 Å². The van der Waals surface area contributed by atoms with Crippen LogP contribution < -0.4 is 16.0 Å². The summed E-state index contributed by atoms with van der Waals surface area (Å²) in [6.45, 7) is 8.76. The molecule has 2 aromatic carbocycles. The Kier molecular flexibility index (Phi) is 7.55. The molecule has 0 unspecified atom stereocenters. The number of benzene rings is 2. The summed E-state index contributed by atoms with van der Waals surface area (Å²) >= 11 is 0. The van der Waals surface area contributed by atoms with Gasteiger partial charge in [0.1, 0.15) is 0 Å². The number of rotatable bonds is 8. The molecular weight excluding hydrogens is 338 g/mol. The molecule has 0 aliphatic carbocycles. The summed E-state index contributed by atoms with van der Waals surface area (Å²) in [5.41, 5.74) is 5.98. The molecule has 144 valence electrons. The number of hydrogen-bond donors (Lipinski definition) is 3. The first kappa shape index (κ1) is 20.6. The maximum atomic E-state index is 12.1. The molecule has 3 N–H and O–H groups in total. The largest absolute Gasteiger partial charge is 0.326 e. The van der Waals surface area contributed by atoms with E-state index in [0.717, 1.165) is 33.6 Å². The van der Waals surface area contributed by atoms with Gasteiger partial charge in [-0.25, -0.2) is 0 Å². The molecule has 0 aromatic heterocycles. The average molecular weight is 367 g/mol. The van der Waals surface area contributed by atoms with Crippen molar-refractivity contribution in [2.45, 2.75) is 40.5 Å². The van der Waals surface area contributed by atoms with Crippen molar-refractivity contribution in [2.75, 3.05) is 23.7 Å². The fourth-order valence-corrected chi connectivity index (χ4v) is 2.98. The van der Waals surface area contributed by atoms with Crippen molar-refractivity contribution < 1.29 is 9.59 Å².